The first-order valence-corrected chi connectivity index (χ1v) is 5.74. The van der Waals surface area contributed by atoms with E-state index in [1.807, 2.05) is 0 Å². The number of carboxylic acid groups (broad SMARTS) is 1. The minimum absolute atomic E-state index is 0.0918. The molecule has 16 heavy (non-hydrogen) atoms. The number of furan rings is 1. The highest BCUT2D eigenvalue weighted by Gasteiger charge is 2.25. The van der Waals surface area contributed by atoms with Gasteiger partial charge in [-0.2, -0.15) is 4.31 Å². The lowest BCUT2D eigenvalue weighted by atomic mass is 10.5. The SMILES string of the molecule is CN(CCO)S(=O)(=O)c1ccc(C(=O)O)o1. The Morgan fingerprint density at radius 1 is 1.50 bits per heavy atom. The molecule has 0 fully saturated rings. The molecule has 1 aromatic rings. The van der Waals surface area contributed by atoms with E-state index in [1.54, 1.807) is 0 Å². The van der Waals surface area contributed by atoms with Crippen LogP contribution in [0.15, 0.2) is 21.6 Å². The van der Waals surface area contributed by atoms with Gasteiger partial charge in [-0.15, -0.1) is 0 Å². The number of rotatable bonds is 5. The topological polar surface area (TPSA) is 108 Å². The van der Waals surface area contributed by atoms with Gasteiger partial charge in [0.15, 0.2) is 0 Å². The summed E-state index contributed by atoms with van der Waals surface area (Å²) in [6.45, 7) is -0.423. The zero-order chi connectivity index (χ0) is 12.3. The van der Waals surface area contributed by atoms with Crippen LogP contribution in [0.2, 0.25) is 0 Å². The summed E-state index contributed by atoms with van der Waals surface area (Å²) in [5, 5.41) is 16.7. The first kappa shape index (κ1) is 12.7. The Morgan fingerprint density at radius 2 is 2.12 bits per heavy atom. The minimum Gasteiger partial charge on any atom is -0.475 e. The van der Waals surface area contributed by atoms with Crippen LogP contribution >= 0.6 is 0 Å². The molecule has 0 saturated heterocycles. The van der Waals surface area contributed by atoms with Crippen molar-refractivity contribution in [2.24, 2.45) is 0 Å². The van der Waals surface area contributed by atoms with Gasteiger partial charge in [0.25, 0.3) is 10.0 Å². The second-order valence-electron chi connectivity index (χ2n) is 2.97. The third kappa shape index (κ3) is 2.40. The average Bonchev–Trinajstić information content (AvgIpc) is 2.67. The van der Waals surface area contributed by atoms with Gasteiger partial charge in [0.1, 0.15) is 0 Å². The molecule has 1 heterocycles. The molecular formula is C8H11NO6S. The van der Waals surface area contributed by atoms with E-state index in [4.69, 9.17) is 10.2 Å². The van der Waals surface area contributed by atoms with Gasteiger partial charge >= 0.3 is 5.97 Å². The van der Waals surface area contributed by atoms with Gasteiger partial charge in [-0.25, -0.2) is 13.2 Å². The summed E-state index contributed by atoms with van der Waals surface area (Å²) in [5.41, 5.74) is 0. The Balaban J connectivity index is 3.03. The molecule has 0 saturated carbocycles. The number of hydrogen-bond acceptors (Lipinski definition) is 5. The van der Waals surface area contributed by atoms with E-state index >= 15 is 0 Å². The van der Waals surface area contributed by atoms with Gasteiger partial charge < -0.3 is 14.6 Å². The fourth-order valence-electron chi connectivity index (χ4n) is 0.988. The maximum atomic E-state index is 11.7. The van der Waals surface area contributed by atoms with Crippen LogP contribution < -0.4 is 0 Å². The van der Waals surface area contributed by atoms with Crippen molar-refractivity contribution in [1.29, 1.82) is 0 Å². The predicted molar refractivity (Wildman–Crippen MR) is 52.6 cm³/mol. The number of carbonyl (C=O) groups is 1. The van der Waals surface area contributed by atoms with E-state index in [0.29, 0.717) is 0 Å². The zero-order valence-electron chi connectivity index (χ0n) is 8.45. The van der Waals surface area contributed by atoms with Crippen molar-refractivity contribution < 1.29 is 27.8 Å². The maximum absolute atomic E-state index is 11.7. The summed E-state index contributed by atoms with van der Waals surface area (Å²) < 4.78 is 28.9. The van der Waals surface area contributed by atoms with Crippen molar-refractivity contribution in [3.05, 3.63) is 17.9 Å². The van der Waals surface area contributed by atoms with E-state index in [-0.39, 0.29) is 13.2 Å². The third-order valence-corrected chi connectivity index (χ3v) is 3.60. The quantitative estimate of drug-likeness (QED) is 0.734. The van der Waals surface area contributed by atoms with Crippen molar-refractivity contribution in [2.75, 3.05) is 20.2 Å². The Bertz CT molecular complexity index is 476. The van der Waals surface area contributed by atoms with E-state index in [9.17, 15) is 13.2 Å². The van der Waals surface area contributed by atoms with Gasteiger partial charge in [0.05, 0.1) is 6.61 Å². The first-order valence-electron chi connectivity index (χ1n) is 4.30. The fourth-order valence-corrected chi connectivity index (χ4v) is 2.05. The molecule has 0 spiro atoms. The number of aromatic carboxylic acids is 1. The molecule has 0 aromatic carbocycles. The molecule has 7 nitrogen and oxygen atoms in total. The summed E-state index contributed by atoms with van der Waals surface area (Å²) in [6.07, 6.45) is 0. The Kier molecular flexibility index (Phi) is 3.68. The highest BCUT2D eigenvalue weighted by molar-refractivity contribution is 7.89. The molecule has 0 amide bonds. The van der Waals surface area contributed by atoms with Gasteiger partial charge in [-0.05, 0) is 12.1 Å². The molecule has 0 atom stereocenters. The smallest absolute Gasteiger partial charge is 0.371 e. The van der Waals surface area contributed by atoms with Crippen molar-refractivity contribution in [3.8, 4) is 0 Å². The first-order chi connectivity index (χ1) is 7.39. The van der Waals surface area contributed by atoms with Crippen LogP contribution in [-0.4, -0.2) is 49.1 Å². The molecule has 0 radical (unpaired) electrons. The average molecular weight is 249 g/mol. The van der Waals surface area contributed by atoms with Crippen LogP contribution in [0.1, 0.15) is 10.6 Å². The van der Waals surface area contributed by atoms with Gasteiger partial charge in [-0.3, -0.25) is 0 Å². The summed E-state index contributed by atoms with van der Waals surface area (Å²) >= 11 is 0. The highest BCUT2D eigenvalue weighted by atomic mass is 32.2. The molecular weight excluding hydrogens is 238 g/mol. The Morgan fingerprint density at radius 3 is 2.56 bits per heavy atom. The molecule has 90 valence electrons. The van der Waals surface area contributed by atoms with Crippen molar-refractivity contribution in [3.63, 3.8) is 0 Å². The van der Waals surface area contributed by atoms with E-state index < -0.39 is 26.8 Å². The second-order valence-corrected chi connectivity index (χ2v) is 4.95. The van der Waals surface area contributed by atoms with E-state index in [0.717, 1.165) is 16.4 Å². The maximum Gasteiger partial charge on any atom is 0.371 e. The molecule has 1 aromatic heterocycles. The Hall–Kier alpha value is -1.38. The van der Waals surface area contributed by atoms with Gasteiger partial charge in [-0.1, -0.05) is 0 Å². The number of likely N-dealkylation sites (N-methyl/N-ethyl adjacent to an activating group) is 1. The number of aliphatic hydroxyl groups is 1. The fraction of sp³-hybridized carbons (Fsp3) is 0.375. The summed E-state index contributed by atoms with van der Waals surface area (Å²) in [6, 6.07) is 2.12. The largest absolute Gasteiger partial charge is 0.475 e. The van der Waals surface area contributed by atoms with Crippen LogP contribution in [0.25, 0.3) is 0 Å². The zero-order valence-corrected chi connectivity index (χ0v) is 9.27. The van der Waals surface area contributed by atoms with Gasteiger partial charge in [0, 0.05) is 13.6 Å². The minimum atomic E-state index is -3.87. The molecule has 0 bridgehead atoms. The predicted octanol–water partition coefficient (Wildman–Crippen LogP) is -0.409. The van der Waals surface area contributed by atoms with Crippen molar-refractivity contribution >= 4 is 16.0 Å². The summed E-state index contributed by atoms with van der Waals surface area (Å²) in [4.78, 5) is 10.5. The number of sulfonamides is 1. The molecule has 0 unspecified atom stereocenters. The van der Waals surface area contributed by atoms with Gasteiger partial charge in [0.2, 0.25) is 10.9 Å². The van der Waals surface area contributed by atoms with Crippen LogP contribution in [0, 0.1) is 0 Å². The van der Waals surface area contributed by atoms with E-state index in [1.165, 1.54) is 7.05 Å². The van der Waals surface area contributed by atoms with Crippen molar-refractivity contribution in [1.82, 2.24) is 4.31 Å². The normalized spacial score (nSPS) is 11.9. The Labute approximate surface area is 92.0 Å². The lowest BCUT2D eigenvalue weighted by molar-refractivity contribution is 0.0656. The molecule has 8 heteroatoms. The molecule has 1 rings (SSSR count). The lowest BCUT2D eigenvalue weighted by Crippen LogP contribution is -2.29. The van der Waals surface area contributed by atoms with Crippen molar-refractivity contribution in [2.45, 2.75) is 5.09 Å². The van der Waals surface area contributed by atoms with E-state index in [2.05, 4.69) is 4.42 Å². The highest BCUT2D eigenvalue weighted by Crippen LogP contribution is 2.17. The summed E-state index contributed by atoms with van der Waals surface area (Å²) in [7, 11) is -2.61. The molecule has 2 N–H and O–H groups in total. The number of carboxylic acids is 1. The van der Waals surface area contributed by atoms with Crippen LogP contribution in [0.5, 0.6) is 0 Å². The molecule has 0 aliphatic heterocycles. The number of nitrogens with zero attached hydrogens (tertiary/aromatic N) is 1. The molecule has 0 aliphatic carbocycles. The molecule has 0 aliphatic rings. The summed E-state index contributed by atoms with van der Waals surface area (Å²) in [5.74, 6) is -1.79. The lowest BCUT2D eigenvalue weighted by Gasteiger charge is -2.13. The number of aliphatic hydroxyl groups excluding tert-OH is 1. The third-order valence-electron chi connectivity index (χ3n) is 1.87. The monoisotopic (exact) mass is 249 g/mol. The number of hydrogen-bond donors (Lipinski definition) is 2. The standard InChI is InChI=1S/C8H11NO6S/c1-9(4-5-10)16(13,14)7-3-2-6(15-7)8(11)12/h2-3,10H,4-5H2,1H3,(H,11,12). The second kappa shape index (κ2) is 4.64. The van der Waals surface area contributed by atoms with Crippen LogP contribution in [0.3, 0.4) is 0 Å². The van der Waals surface area contributed by atoms with Crippen LogP contribution in [0.4, 0.5) is 0 Å². The van der Waals surface area contributed by atoms with Crippen LogP contribution in [-0.2, 0) is 10.0 Å².